The number of halogens is 1. The van der Waals surface area contributed by atoms with Gasteiger partial charge in [0.2, 0.25) is 0 Å². The number of nitrogens with one attached hydrogen (secondary N) is 1. The summed E-state index contributed by atoms with van der Waals surface area (Å²) in [7, 11) is 0. The fourth-order valence-electron chi connectivity index (χ4n) is 3.79. The van der Waals surface area contributed by atoms with Gasteiger partial charge < -0.3 is 30.5 Å². The SMILES string of the molecule is I.NC(=NCc1ccc(N2CCC(CO)CC2)cc1)Nc1ccc2c(c1)OCCCO2. The van der Waals surface area contributed by atoms with Gasteiger partial charge >= 0.3 is 0 Å². The Morgan fingerprint density at radius 3 is 2.48 bits per heavy atom. The number of aliphatic hydroxyl groups excluding tert-OH is 1. The minimum absolute atomic E-state index is 0. The topological polar surface area (TPSA) is 92.3 Å². The first-order chi connectivity index (χ1) is 14.7. The monoisotopic (exact) mass is 538 g/mol. The fraction of sp³-hybridized carbons (Fsp3) is 0.435. The highest BCUT2D eigenvalue weighted by Gasteiger charge is 2.18. The molecule has 31 heavy (non-hydrogen) atoms. The maximum Gasteiger partial charge on any atom is 0.193 e. The second-order valence-electron chi connectivity index (χ2n) is 7.82. The Labute approximate surface area is 200 Å². The molecule has 2 aromatic carbocycles. The third-order valence-electron chi connectivity index (χ3n) is 5.63. The summed E-state index contributed by atoms with van der Waals surface area (Å²) in [5.41, 5.74) is 9.22. The molecule has 168 valence electrons. The molecule has 1 fully saturated rings. The average molecular weight is 538 g/mol. The number of hydrogen-bond acceptors (Lipinski definition) is 5. The molecule has 0 bridgehead atoms. The maximum absolute atomic E-state index is 9.29. The highest BCUT2D eigenvalue weighted by atomic mass is 127. The predicted molar refractivity (Wildman–Crippen MR) is 135 cm³/mol. The molecule has 1 saturated heterocycles. The van der Waals surface area contributed by atoms with Crippen LogP contribution in [0.5, 0.6) is 11.5 Å². The quantitative estimate of drug-likeness (QED) is 0.306. The average Bonchev–Trinajstić information content (AvgIpc) is 3.03. The molecule has 4 rings (SSSR count). The number of nitrogens with zero attached hydrogens (tertiary/aromatic N) is 2. The lowest BCUT2D eigenvalue weighted by atomic mass is 9.97. The van der Waals surface area contributed by atoms with Crippen LogP contribution in [0.3, 0.4) is 0 Å². The number of ether oxygens (including phenoxy) is 2. The molecule has 2 aliphatic rings. The van der Waals surface area contributed by atoms with E-state index < -0.39 is 0 Å². The van der Waals surface area contributed by atoms with E-state index in [1.165, 1.54) is 5.69 Å². The van der Waals surface area contributed by atoms with Crippen molar-refractivity contribution in [2.24, 2.45) is 16.6 Å². The van der Waals surface area contributed by atoms with Crippen molar-refractivity contribution < 1.29 is 14.6 Å². The van der Waals surface area contributed by atoms with Crippen LogP contribution in [0, 0.1) is 5.92 Å². The molecule has 2 aromatic rings. The minimum atomic E-state index is 0. The van der Waals surface area contributed by atoms with Crippen molar-refractivity contribution in [2.75, 3.05) is 43.1 Å². The standard InChI is InChI=1S/C23H30N4O3.HI/c24-23(26-19-4-7-21-22(14-19)30-13-1-12-29-21)25-15-17-2-5-20(6-3-17)27-10-8-18(16-28)9-11-27;/h2-7,14,18,28H,1,8-13,15-16H2,(H3,24,25,26);1H. The van der Waals surface area contributed by atoms with Crippen LogP contribution in [0.2, 0.25) is 0 Å². The molecular weight excluding hydrogens is 507 g/mol. The summed E-state index contributed by atoms with van der Waals surface area (Å²) in [6, 6.07) is 14.1. The van der Waals surface area contributed by atoms with Crippen LogP contribution in [0.4, 0.5) is 11.4 Å². The normalized spacial score (nSPS) is 16.9. The van der Waals surface area contributed by atoms with Gasteiger partial charge in [-0.25, -0.2) is 4.99 Å². The maximum atomic E-state index is 9.29. The molecule has 0 spiro atoms. The molecule has 0 atom stereocenters. The third-order valence-corrected chi connectivity index (χ3v) is 5.63. The Morgan fingerprint density at radius 1 is 1.06 bits per heavy atom. The molecule has 2 aliphatic heterocycles. The lowest BCUT2D eigenvalue weighted by Gasteiger charge is -2.32. The van der Waals surface area contributed by atoms with Gasteiger partial charge in [0.15, 0.2) is 17.5 Å². The lowest BCUT2D eigenvalue weighted by Crippen LogP contribution is -2.34. The first kappa shape index (κ1) is 23.5. The number of aliphatic imine (C=N–C) groups is 1. The van der Waals surface area contributed by atoms with Gasteiger partial charge in [0, 0.05) is 43.6 Å². The minimum Gasteiger partial charge on any atom is -0.490 e. The number of anilines is 2. The van der Waals surface area contributed by atoms with Gasteiger partial charge in [-0.2, -0.15) is 0 Å². The van der Waals surface area contributed by atoms with Crippen molar-refractivity contribution in [2.45, 2.75) is 25.8 Å². The van der Waals surface area contributed by atoms with Crippen LogP contribution >= 0.6 is 24.0 Å². The van der Waals surface area contributed by atoms with Gasteiger partial charge in [-0.05, 0) is 48.6 Å². The van der Waals surface area contributed by atoms with Crippen LogP contribution in [-0.2, 0) is 6.54 Å². The zero-order valence-electron chi connectivity index (χ0n) is 17.6. The van der Waals surface area contributed by atoms with E-state index in [1.807, 2.05) is 18.2 Å². The van der Waals surface area contributed by atoms with Crippen LogP contribution in [0.15, 0.2) is 47.5 Å². The van der Waals surface area contributed by atoms with Crippen LogP contribution in [-0.4, -0.2) is 44.0 Å². The summed E-state index contributed by atoms with van der Waals surface area (Å²) in [6.07, 6.45) is 2.97. The van der Waals surface area contributed by atoms with Crippen LogP contribution < -0.4 is 25.4 Å². The van der Waals surface area contributed by atoms with Gasteiger partial charge in [0.25, 0.3) is 0 Å². The smallest absolute Gasteiger partial charge is 0.193 e. The second kappa shape index (κ2) is 11.4. The van der Waals surface area contributed by atoms with Gasteiger partial charge in [-0.3, -0.25) is 0 Å². The summed E-state index contributed by atoms with van der Waals surface area (Å²) in [5, 5.41) is 12.4. The number of hydrogen-bond donors (Lipinski definition) is 3. The first-order valence-electron chi connectivity index (χ1n) is 10.6. The largest absolute Gasteiger partial charge is 0.490 e. The zero-order chi connectivity index (χ0) is 20.8. The summed E-state index contributed by atoms with van der Waals surface area (Å²) >= 11 is 0. The van der Waals surface area contributed by atoms with Gasteiger partial charge in [0.1, 0.15) is 0 Å². The van der Waals surface area contributed by atoms with E-state index in [1.54, 1.807) is 0 Å². The number of aliphatic hydroxyl groups is 1. The number of piperidine rings is 1. The van der Waals surface area contributed by atoms with E-state index >= 15 is 0 Å². The summed E-state index contributed by atoms with van der Waals surface area (Å²) < 4.78 is 11.4. The number of fused-ring (bicyclic) bond motifs is 1. The number of benzene rings is 2. The molecule has 0 radical (unpaired) electrons. The lowest BCUT2D eigenvalue weighted by molar-refractivity contribution is 0.203. The van der Waals surface area contributed by atoms with E-state index in [9.17, 15) is 5.11 Å². The van der Waals surface area contributed by atoms with E-state index in [-0.39, 0.29) is 24.0 Å². The molecule has 2 heterocycles. The summed E-state index contributed by atoms with van der Waals surface area (Å²) in [5.74, 6) is 2.29. The third kappa shape index (κ3) is 6.39. The Hall–Kier alpha value is -2.20. The molecule has 0 saturated carbocycles. The second-order valence-corrected chi connectivity index (χ2v) is 7.82. The molecule has 0 amide bonds. The van der Waals surface area contributed by atoms with Crippen LogP contribution in [0.1, 0.15) is 24.8 Å². The Kier molecular flexibility index (Phi) is 8.65. The van der Waals surface area contributed by atoms with Crippen molar-refractivity contribution in [1.29, 1.82) is 0 Å². The van der Waals surface area contributed by atoms with E-state index in [0.29, 0.717) is 38.2 Å². The van der Waals surface area contributed by atoms with E-state index in [0.717, 1.165) is 55.1 Å². The number of guanidine groups is 1. The van der Waals surface area contributed by atoms with Gasteiger partial charge in [-0.15, -0.1) is 24.0 Å². The number of rotatable bonds is 5. The summed E-state index contributed by atoms with van der Waals surface area (Å²) in [4.78, 5) is 6.83. The van der Waals surface area contributed by atoms with Crippen molar-refractivity contribution in [1.82, 2.24) is 0 Å². The van der Waals surface area contributed by atoms with Crippen molar-refractivity contribution in [3.8, 4) is 11.5 Å². The Bertz CT molecular complexity index is 868. The molecule has 0 unspecified atom stereocenters. The Morgan fingerprint density at radius 2 is 1.77 bits per heavy atom. The summed E-state index contributed by atoms with van der Waals surface area (Å²) in [6.45, 7) is 4.12. The fourth-order valence-corrected chi connectivity index (χ4v) is 3.79. The van der Waals surface area contributed by atoms with Crippen molar-refractivity contribution in [3.63, 3.8) is 0 Å². The molecule has 7 nitrogen and oxygen atoms in total. The van der Waals surface area contributed by atoms with Gasteiger partial charge in [-0.1, -0.05) is 12.1 Å². The van der Waals surface area contributed by atoms with E-state index in [2.05, 4.69) is 39.5 Å². The predicted octanol–water partition coefficient (Wildman–Crippen LogP) is 3.60. The molecule has 0 aliphatic carbocycles. The molecular formula is C23H31IN4O3. The van der Waals surface area contributed by atoms with Crippen LogP contribution in [0.25, 0.3) is 0 Å². The highest BCUT2D eigenvalue weighted by Crippen LogP contribution is 2.32. The highest BCUT2D eigenvalue weighted by molar-refractivity contribution is 14.0. The van der Waals surface area contributed by atoms with E-state index in [4.69, 9.17) is 15.2 Å². The molecule has 4 N–H and O–H groups in total. The molecule has 8 heteroatoms. The van der Waals surface area contributed by atoms with Crippen molar-refractivity contribution >= 4 is 41.3 Å². The van der Waals surface area contributed by atoms with Crippen molar-refractivity contribution in [3.05, 3.63) is 48.0 Å². The Balaban J connectivity index is 0.00000272. The number of nitrogens with two attached hydrogens (primary N) is 1. The first-order valence-corrected chi connectivity index (χ1v) is 10.6. The molecule has 0 aromatic heterocycles. The zero-order valence-corrected chi connectivity index (χ0v) is 20.0. The van der Waals surface area contributed by atoms with Gasteiger partial charge in [0.05, 0.1) is 19.8 Å².